The summed E-state index contributed by atoms with van der Waals surface area (Å²) < 4.78 is 10.2. The molecule has 1 aromatic carbocycles. The lowest BCUT2D eigenvalue weighted by molar-refractivity contribution is -0.139. The second-order valence-electron chi connectivity index (χ2n) is 8.65. The molecule has 10 nitrogen and oxygen atoms in total. The number of pyridine rings is 1. The lowest BCUT2D eigenvalue weighted by Crippen LogP contribution is -2.43. The number of amides is 2. The molecule has 1 unspecified atom stereocenters. The van der Waals surface area contributed by atoms with Crippen LogP contribution in [-0.4, -0.2) is 54.3 Å². The van der Waals surface area contributed by atoms with E-state index in [4.69, 9.17) is 9.47 Å². The van der Waals surface area contributed by atoms with Crippen molar-refractivity contribution in [3.8, 4) is 5.75 Å². The highest BCUT2D eigenvalue weighted by Gasteiger charge is 2.20. The third-order valence-electron chi connectivity index (χ3n) is 5.91. The van der Waals surface area contributed by atoms with Crippen LogP contribution < -0.4 is 20.7 Å². The van der Waals surface area contributed by atoms with E-state index in [1.807, 2.05) is 6.07 Å². The number of alkyl carbamates (subject to hydrolysis) is 1. The second kappa shape index (κ2) is 13.9. The van der Waals surface area contributed by atoms with Crippen LogP contribution in [0.4, 0.5) is 10.6 Å². The molecule has 1 atom stereocenters. The summed E-state index contributed by atoms with van der Waals surface area (Å²) in [6.45, 7) is 1.08. The van der Waals surface area contributed by atoms with Gasteiger partial charge in [-0.2, -0.15) is 0 Å². The number of aryl methyl sites for hydroxylation is 2. The molecule has 0 radical (unpaired) electrons. The molecule has 36 heavy (non-hydrogen) atoms. The minimum atomic E-state index is -1.20. The van der Waals surface area contributed by atoms with Gasteiger partial charge in [0.05, 0.1) is 7.11 Å². The Bertz CT molecular complexity index is 1030. The van der Waals surface area contributed by atoms with Crippen LogP contribution in [0.15, 0.2) is 36.4 Å². The number of hydrogen-bond donors (Lipinski definition) is 4. The molecule has 0 fully saturated rings. The summed E-state index contributed by atoms with van der Waals surface area (Å²) in [5.41, 5.74) is 3.01. The number of hydrogen-bond acceptors (Lipinski definition) is 7. The zero-order valence-electron chi connectivity index (χ0n) is 20.5. The highest BCUT2D eigenvalue weighted by molar-refractivity contribution is 5.80. The quantitative estimate of drug-likeness (QED) is 0.309. The first-order chi connectivity index (χ1) is 17.4. The Labute approximate surface area is 210 Å². The van der Waals surface area contributed by atoms with Crippen molar-refractivity contribution in [2.24, 2.45) is 0 Å². The van der Waals surface area contributed by atoms with E-state index < -0.39 is 18.1 Å². The van der Waals surface area contributed by atoms with Crippen LogP contribution in [-0.2, 0) is 33.8 Å². The molecule has 1 aliphatic heterocycles. The summed E-state index contributed by atoms with van der Waals surface area (Å²) in [4.78, 5) is 40.3. The fraction of sp³-hybridized carbons (Fsp3) is 0.462. The third kappa shape index (κ3) is 8.75. The smallest absolute Gasteiger partial charge is 0.408 e. The molecule has 0 saturated heterocycles. The van der Waals surface area contributed by atoms with Crippen molar-refractivity contribution < 1.29 is 29.0 Å². The van der Waals surface area contributed by atoms with Crippen LogP contribution in [0.5, 0.6) is 5.75 Å². The van der Waals surface area contributed by atoms with E-state index in [1.165, 1.54) is 5.56 Å². The van der Waals surface area contributed by atoms with E-state index in [2.05, 4.69) is 27.0 Å². The number of carbonyl (C=O) groups is 3. The number of ether oxygens (including phenoxy) is 2. The number of fused-ring (bicyclic) bond motifs is 1. The molecule has 2 aromatic rings. The van der Waals surface area contributed by atoms with Crippen molar-refractivity contribution in [3.63, 3.8) is 0 Å². The average molecular weight is 499 g/mol. The molecule has 10 heteroatoms. The maximum absolute atomic E-state index is 12.1. The van der Waals surface area contributed by atoms with Gasteiger partial charge in [-0.1, -0.05) is 18.2 Å². The SMILES string of the molecule is COc1ccc(COC(=O)NC(CCNC(=O)CCCCc2ccc3c(n2)NCCC3)C(=O)O)cc1. The van der Waals surface area contributed by atoms with Crippen LogP contribution in [0.25, 0.3) is 0 Å². The molecule has 0 bridgehead atoms. The largest absolute Gasteiger partial charge is 0.497 e. The van der Waals surface area contributed by atoms with Crippen molar-refractivity contribution in [2.75, 3.05) is 25.5 Å². The number of nitrogens with one attached hydrogen (secondary N) is 3. The molecule has 0 aliphatic carbocycles. The Balaban J connectivity index is 1.30. The van der Waals surface area contributed by atoms with Gasteiger partial charge in [-0.15, -0.1) is 0 Å². The first-order valence-electron chi connectivity index (χ1n) is 12.2. The van der Waals surface area contributed by atoms with Gasteiger partial charge >= 0.3 is 12.1 Å². The molecule has 0 saturated carbocycles. The van der Waals surface area contributed by atoms with E-state index in [1.54, 1.807) is 31.4 Å². The standard InChI is InChI=1S/C26H34N4O6/c1-35-21-12-8-18(9-13-21)17-36-26(34)30-22(25(32)33)14-16-27-23(31)7-3-2-6-20-11-10-19-5-4-15-28-24(19)29-20/h8-13,22H,2-7,14-17H2,1H3,(H,27,31)(H,28,29)(H,30,34)(H,32,33). The Morgan fingerprint density at radius 3 is 2.69 bits per heavy atom. The Kier molecular flexibility index (Phi) is 10.3. The van der Waals surface area contributed by atoms with E-state index in [9.17, 15) is 19.5 Å². The topological polar surface area (TPSA) is 139 Å². The first kappa shape index (κ1) is 26.8. The molecule has 0 spiro atoms. The number of anilines is 1. The maximum Gasteiger partial charge on any atom is 0.408 e. The van der Waals surface area contributed by atoms with Gasteiger partial charge in [-0.25, -0.2) is 14.6 Å². The number of rotatable bonds is 13. The normalized spacial score (nSPS) is 13.0. The van der Waals surface area contributed by atoms with Gasteiger partial charge in [0.15, 0.2) is 0 Å². The second-order valence-corrected chi connectivity index (χ2v) is 8.65. The summed E-state index contributed by atoms with van der Waals surface area (Å²) in [6.07, 6.45) is 4.07. The molecule has 3 rings (SSSR count). The fourth-order valence-corrected chi connectivity index (χ4v) is 3.86. The van der Waals surface area contributed by atoms with E-state index >= 15 is 0 Å². The average Bonchev–Trinajstić information content (AvgIpc) is 2.89. The highest BCUT2D eigenvalue weighted by Crippen LogP contribution is 2.20. The van der Waals surface area contributed by atoms with Gasteiger partial charge in [-0.3, -0.25) is 4.79 Å². The van der Waals surface area contributed by atoms with Gasteiger partial charge in [0.2, 0.25) is 5.91 Å². The number of carbonyl (C=O) groups excluding carboxylic acids is 2. The van der Waals surface area contributed by atoms with Gasteiger partial charge < -0.3 is 30.5 Å². The lowest BCUT2D eigenvalue weighted by atomic mass is 10.1. The number of aromatic nitrogens is 1. The van der Waals surface area contributed by atoms with Crippen LogP contribution in [0.1, 0.15) is 48.9 Å². The van der Waals surface area contributed by atoms with E-state index in [-0.39, 0.29) is 25.5 Å². The summed E-state index contributed by atoms with van der Waals surface area (Å²) in [5.74, 6) is 0.307. The molecule has 2 heterocycles. The maximum atomic E-state index is 12.1. The number of carboxylic acids is 1. The zero-order valence-corrected chi connectivity index (χ0v) is 20.5. The van der Waals surface area contributed by atoms with Crippen molar-refractivity contribution in [1.29, 1.82) is 0 Å². The molecular weight excluding hydrogens is 464 g/mol. The van der Waals surface area contributed by atoms with E-state index in [0.717, 1.165) is 49.3 Å². The zero-order chi connectivity index (χ0) is 25.8. The lowest BCUT2D eigenvalue weighted by Gasteiger charge is -2.17. The summed E-state index contributed by atoms with van der Waals surface area (Å²) in [6, 6.07) is 9.97. The van der Waals surface area contributed by atoms with Gasteiger partial charge in [0.1, 0.15) is 24.2 Å². The number of carboxylic acid groups (broad SMARTS) is 1. The minimum absolute atomic E-state index is 0.00358. The number of aliphatic carboxylic acids is 1. The van der Waals surface area contributed by atoms with Crippen LogP contribution in [0.3, 0.4) is 0 Å². The number of benzene rings is 1. The van der Waals surface area contributed by atoms with Crippen LogP contribution in [0.2, 0.25) is 0 Å². The Hall–Kier alpha value is -3.82. The predicted molar refractivity (Wildman–Crippen MR) is 134 cm³/mol. The third-order valence-corrected chi connectivity index (χ3v) is 5.91. The Morgan fingerprint density at radius 2 is 1.94 bits per heavy atom. The van der Waals surface area contributed by atoms with Gasteiger partial charge in [0.25, 0.3) is 0 Å². The minimum Gasteiger partial charge on any atom is -0.497 e. The summed E-state index contributed by atoms with van der Waals surface area (Å²) >= 11 is 0. The molecule has 2 amide bonds. The van der Waals surface area contributed by atoms with E-state index in [0.29, 0.717) is 18.6 Å². The monoisotopic (exact) mass is 498 g/mol. The first-order valence-corrected chi connectivity index (χ1v) is 12.2. The fourth-order valence-electron chi connectivity index (χ4n) is 3.86. The molecular formula is C26H34N4O6. The predicted octanol–water partition coefficient (Wildman–Crippen LogP) is 3.05. The molecule has 194 valence electrons. The molecule has 1 aliphatic rings. The molecule has 1 aromatic heterocycles. The van der Waals surface area contributed by atoms with Crippen LogP contribution in [0, 0.1) is 0 Å². The summed E-state index contributed by atoms with van der Waals surface area (Å²) in [5, 5.41) is 17.7. The van der Waals surface area contributed by atoms with Gasteiger partial charge in [0, 0.05) is 25.2 Å². The highest BCUT2D eigenvalue weighted by atomic mass is 16.5. The van der Waals surface area contributed by atoms with Crippen molar-refractivity contribution in [1.82, 2.24) is 15.6 Å². The van der Waals surface area contributed by atoms with Gasteiger partial charge in [-0.05, 0) is 67.9 Å². The van der Waals surface area contributed by atoms with Crippen molar-refractivity contribution in [3.05, 3.63) is 53.2 Å². The van der Waals surface area contributed by atoms with Crippen LogP contribution >= 0.6 is 0 Å². The van der Waals surface area contributed by atoms with Crippen molar-refractivity contribution >= 4 is 23.8 Å². The Morgan fingerprint density at radius 1 is 1.14 bits per heavy atom. The molecule has 4 N–H and O–H groups in total. The number of unbranched alkanes of at least 4 members (excludes halogenated alkanes) is 1. The number of methoxy groups -OCH3 is 1. The van der Waals surface area contributed by atoms with Crippen molar-refractivity contribution in [2.45, 2.75) is 57.6 Å². The summed E-state index contributed by atoms with van der Waals surface area (Å²) in [7, 11) is 1.56. The number of nitrogens with zero attached hydrogens (tertiary/aromatic N) is 1.